The largest absolute Gasteiger partial charge is 0.493 e. The molecule has 9 heteroatoms. The number of H-pyrrole nitrogens is 1. The predicted octanol–water partition coefficient (Wildman–Crippen LogP) is 1.61. The number of anilines is 2. The lowest BCUT2D eigenvalue weighted by Gasteiger charge is -2.25. The van der Waals surface area contributed by atoms with Crippen LogP contribution in [0.1, 0.15) is 37.0 Å². The van der Waals surface area contributed by atoms with E-state index in [0.29, 0.717) is 25.3 Å². The van der Waals surface area contributed by atoms with Crippen LogP contribution in [-0.2, 0) is 11.3 Å². The van der Waals surface area contributed by atoms with Crippen molar-refractivity contribution < 1.29 is 14.3 Å². The highest BCUT2D eigenvalue weighted by molar-refractivity contribution is 6.08. The minimum absolute atomic E-state index is 0.0504. The lowest BCUT2D eigenvalue weighted by atomic mass is 10.1. The lowest BCUT2D eigenvalue weighted by Crippen LogP contribution is -2.42. The second kappa shape index (κ2) is 10.5. The summed E-state index contributed by atoms with van der Waals surface area (Å²) >= 11 is 0. The fourth-order valence-corrected chi connectivity index (χ4v) is 2.94. The number of ether oxygens (including phenoxy) is 2. The van der Waals surface area contributed by atoms with Gasteiger partial charge in [0.25, 0.3) is 11.5 Å². The lowest BCUT2D eigenvalue weighted by molar-refractivity contribution is 0.0972. The van der Waals surface area contributed by atoms with Gasteiger partial charge in [-0.3, -0.25) is 24.0 Å². The van der Waals surface area contributed by atoms with Gasteiger partial charge in [0.2, 0.25) is 0 Å². The summed E-state index contributed by atoms with van der Waals surface area (Å²) in [4.78, 5) is 41.7. The molecule has 0 aliphatic carbocycles. The van der Waals surface area contributed by atoms with E-state index in [4.69, 9.17) is 15.2 Å². The number of rotatable bonds is 10. The Bertz CT molecular complexity index is 951. The molecule has 0 radical (unpaired) electrons. The molecule has 0 fully saturated rings. The maximum absolute atomic E-state index is 13.4. The first-order valence-corrected chi connectivity index (χ1v) is 9.61. The van der Waals surface area contributed by atoms with Crippen molar-refractivity contribution in [2.24, 2.45) is 0 Å². The number of amides is 1. The van der Waals surface area contributed by atoms with Crippen molar-refractivity contribution in [1.82, 2.24) is 9.55 Å². The van der Waals surface area contributed by atoms with E-state index in [1.807, 2.05) is 13.8 Å². The third-order valence-corrected chi connectivity index (χ3v) is 4.40. The number of nitrogen functional groups attached to an aromatic ring is 1. The number of unbranched alkanes of at least 4 members (excludes halogenated alkanes) is 1. The Labute approximate surface area is 169 Å². The molecule has 0 aliphatic heterocycles. The van der Waals surface area contributed by atoms with E-state index in [0.717, 1.165) is 6.42 Å². The van der Waals surface area contributed by atoms with Crippen molar-refractivity contribution >= 4 is 17.4 Å². The maximum Gasteiger partial charge on any atom is 0.330 e. The first kappa shape index (κ1) is 22.2. The van der Waals surface area contributed by atoms with E-state index in [2.05, 4.69) is 4.98 Å². The molecule has 0 unspecified atom stereocenters. The molecule has 0 bridgehead atoms. The minimum atomic E-state index is -0.724. The third kappa shape index (κ3) is 5.05. The standard InChI is InChI=1S/C20H28N4O5/c1-4-6-11-24-17(21)16(18(25)22-20(24)27)23(12-13-28-3)19(26)14-9-7-8-10-15(14)29-5-2/h7-10H,4-6,11-13,21H2,1-3H3,(H,22,25,27). The van der Waals surface area contributed by atoms with E-state index in [1.165, 1.54) is 16.6 Å². The average Bonchev–Trinajstić information content (AvgIpc) is 2.70. The highest BCUT2D eigenvalue weighted by Gasteiger charge is 2.27. The van der Waals surface area contributed by atoms with Gasteiger partial charge < -0.3 is 15.2 Å². The molecule has 1 aromatic heterocycles. The van der Waals surface area contributed by atoms with Gasteiger partial charge in [0.05, 0.1) is 18.8 Å². The number of aromatic amines is 1. The molecule has 158 valence electrons. The van der Waals surface area contributed by atoms with Crippen LogP contribution in [0.5, 0.6) is 5.75 Å². The van der Waals surface area contributed by atoms with Crippen LogP contribution in [0.25, 0.3) is 0 Å². The number of nitrogens with one attached hydrogen (secondary N) is 1. The molecule has 2 aromatic rings. The average molecular weight is 404 g/mol. The fraction of sp³-hybridized carbons (Fsp3) is 0.450. The van der Waals surface area contributed by atoms with Gasteiger partial charge in [0.15, 0.2) is 5.69 Å². The van der Waals surface area contributed by atoms with E-state index < -0.39 is 17.2 Å². The topological polar surface area (TPSA) is 120 Å². The molecule has 0 aliphatic rings. The first-order valence-electron chi connectivity index (χ1n) is 9.61. The Balaban J connectivity index is 2.60. The summed E-state index contributed by atoms with van der Waals surface area (Å²) < 4.78 is 11.9. The van der Waals surface area contributed by atoms with E-state index in [9.17, 15) is 14.4 Å². The van der Waals surface area contributed by atoms with Crippen molar-refractivity contribution in [3.05, 3.63) is 50.7 Å². The molecule has 0 saturated heterocycles. The van der Waals surface area contributed by atoms with Gasteiger partial charge in [0, 0.05) is 20.2 Å². The van der Waals surface area contributed by atoms with Crippen molar-refractivity contribution in [3.63, 3.8) is 0 Å². The minimum Gasteiger partial charge on any atom is -0.493 e. The molecule has 3 N–H and O–H groups in total. The van der Waals surface area contributed by atoms with Gasteiger partial charge in [-0.2, -0.15) is 0 Å². The van der Waals surface area contributed by atoms with Crippen LogP contribution in [0, 0.1) is 0 Å². The normalized spacial score (nSPS) is 10.7. The van der Waals surface area contributed by atoms with Crippen molar-refractivity contribution in [2.75, 3.05) is 37.5 Å². The number of benzene rings is 1. The van der Waals surface area contributed by atoms with Crippen molar-refractivity contribution in [3.8, 4) is 5.75 Å². The van der Waals surface area contributed by atoms with Crippen LogP contribution in [-0.4, -0.2) is 42.3 Å². The van der Waals surface area contributed by atoms with E-state index in [-0.39, 0.29) is 30.2 Å². The zero-order chi connectivity index (χ0) is 21.4. The smallest absolute Gasteiger partial charge is 0.330 e. The molecule has 1 aromatic carbocycles. The van der Waals surface area contributed by atoms with Gasteiger partial charge in [-0.1, -0.05) is 25.5 Å². The Morgan fingerprint density at radius 1 is 1.24 bits per heavy atom. The first-order chi connectivity index (χ1) is 14.0. The molecule has 0 spiro atoms. The highest BCUT2D eigenvalue weighted by atomic mass is 16.5. The number of aromatic nitrogens is 2. The Hall–Kier alpha value is -3.07. The van der Waals surface area contributed by atoms with Gasteiger partial charge in [-0.05, 0) is 25.5 Å². The number of methoxy groups -OCH3 is 1. The third-order valence-electron chi connectivity index (χ3n) is 4.40. The van der Waals surface area contributed by atoms with E-state index >= 15 is 0 Å². The van der Waals surface area contributed by atoms with Crippen LogP contribution in [0.3, 0.4) is 0 Å². The van der Waals surface area contributed by atoms with Crippen molar-refractivity contribution in [1.29, 1.82) is 0 Å². The zero-order valence-corrected chi connectivity index (χ0v) is 17.1. The highest BCUT2D eigenvalue weighted by Crippen LogP contribution is 2.24. The second-order valence-corrected chi connectivity index (χ2v) is 6.38. The van der Waals surface area contributed by atoms with Crippen molar-refractivity contribution in [2.45, 2.75) is 33.2 Å². The Morgan fingerprint density at radius 2 is 1.97 bits per heavy atom. The summed E-state index contributed by atoms with van der Waals surface area (Å²) in [6, 6.07) is 6.76. The Kier molecular flexibility index (Phi) is 8.02. The SMILES string of the molecule is CCCCn1c(N)c(N(CCOC)C(=O)c2ccccc2OCC)c(=O)[nH]c1=O. The number of carbonyl (C=O) groups excluding carboxylic acids is 1. The summed E-state index contributed by atoms with van der Waals surface area (Å²) in [5.74, 6) is -0.119. The van der Waals surface area contributed by atoms with Gasteiger partial charge in [-0.15, -0.1) is 0 Å². The second-order valence-electron chi connectivity index (χ2n) is 6.38. The molecular weight excluding hydrogens is 376 g/mol. The molecule has 0 saturated carbocycles. The fourth-order valence-electron chi connectivity index (χ4n) is 2.94. The van der Waals surface area contributed by atoms with Crippen LogP contribution < -0.4 is 26.6 Å². The summed E-state index contributed by atoms with van der Waals surface area (Å²) in [7, 11) is 1.49. The molecular formula is C20H28N4O5. The number of nitrogens with zero attached hydrogens (tertiary/aromatic N) is 2. The Morgan fingerprint density at radius 3 is 2.62 bits per heavy atom. The van der Waals surface area contributed by atoms with E-state index in [1.54, 1.807) is 24.3 Å². The van der Waals surface area contributed by atoms with Gasteiger partial charge in [0.1, 0.15) is 11.6 Å². The summed E-state index contributed by atoms with van der Waals surface area (Å²) in [6.07, 6.45) is 1.54. The van der Waals surface area contributed by atoms with Gasteiger partial charge >= 0.3 is 5.69 Å². The summed E-state index contributed by atoms with van der Waals surface area (Å²) in [6.45, 7) is 4.77. The summed E-state index contributed by atoms with van der Waals surface area (Å²) in [5, 5.41) is 0. The molecule has 29 heavy (non-hydrogen) atoms. The maximum atomic E-state index is 13.4. The quantitative estimate of drug-likeness (QED) is 0.621. The number of hydrogen-bond acceptors (Lipinski definition) is 6. The summed E-state index contributed by atoms with van der Waals surface area (Å²) in [5.41, 5.74) is 5.08. The zero-order valence-electron chi connectivity index (χ0n) is 17.1. The van der Waals surface area contributed by atoms with Crippen LogP contribution in [0.2, 0.25) is 0 Å². The molecule has 1 amide bonds. The molecule has 2 rings (SSSR count). The predicted molar refractivity (Wildman–Crippen MR) is 112 cm³/mol. The van der Waals surface area contributed by atoms with Gasteiger partial charge in [-0.25, -0.2) is 4.79 Å². The van der Waals surface area contributed by atoms with Crippen LogP contribution >= 0.6 is 0 Å². The molecule has 1 heterocycles. The number of nitrogens with two attached hydrogens (primary N) is 1. The molecule has 0 atom stereocenters. The monoisotopic (exact) mass is 404 g/mol. The number of carbonyl (C=O) groups is 1. The van der Waals surface area contributed by atoms with Crippen LogP contribution in [0.4, 0.5) is 11.5 Å². The number of para-hydroxylation sites is 1. The molecule has 9 nitrogen and oxygen atoms in total. The van der Waals surface area contributed by atoms with Crippen LogP contribution in [0.15, 0.2) is 33.9 Å². The number of hydrogen-bond donors (Lipinski definition) is 2.